The van der Waals surface area contributed by atoms with E-state index in [1.54, 1.807) is 25.1 Å². The summed E-state index contributed by atoms with van der Waals surface area (Å²) in [6.07, 6.45) is 1.61. The van der Waals surface area contributed by atoms with Crippen molar-refractivity contribution in [1.82, 2.24) is 19.7 Å². The number of methoxy groups -OCH3 is 2. The molecule has 0 atom stereocenters. The van der Waals surface area contributed by atoms with Crippen LogP contribution < -0.4 is 15.2 Å². The van der Waals surface area contributed by atoms with E-state index in [1.807, 2.05) is 18.2 Å². The molecule has 2 heterocycles. The fraction of sp³-hybridized carbons (Fsp3) is 0.214. The van der Waals surface area contributed by atoms with Crippen LogP contribution in [0.3, 0.4) is 0 Å². The van der Waals surface area contributed by atoms with Gasteiger partial charge in [0, 0.05) is 5.56 Å². The highest BCUT2D eigenvalue weighted by Gasteiger charge is 2.13. The van der Waals surface area contributed by atoms with Crippen molar-refractivity contribution in [3.63, 3.8) is 0 Å². The lowest BCUT2D eigenvalue weighted by Gasteiger charge is -2.11. The number of halogens is 1. The lowest BCUT2D eigenvalue weighted by molar-refractivity contribution is 0.397. The Morgan fingerprint density at radius 2 is 2.05 bits per heavy atom. The van der Waals surface area contributed by atoms with E-state index in [4.69, 9.17) is 26.8 Å². The Hall–Kier alpha value is -2.54. The van der Waals surface area contributed by atoms with E-state index in [-0.39, 0.29) is 11.1 Å². The normalized spacial score (nSPS) is 10.9. The smallest absolute Gasteiger partial charge is 0.223 e. The van der Waals surface area contributed by atoms with E-state index in [0.717, 1.165) is 17.1 Å². The molecule has 2 aromatic heterocycles. The predicted molar refractivity (Wildman–Crippen MR) is 83.4 cm³/mol. The molecule has 0 radical (unpaired) electrons. The van der Waals surface area contributed by atoms with Gasteiger partial charge in [-0.25, -0.2) is 9.67 Å². The van der Waals surface area contributed by atoms with Crippen molar-refractivity contribution >= 4 is 28.6 Å². The third kappa shape index (κ3) is 2.50. The summed E-state index contributed by atoms with van der Waals surface area (Å²) in [6.45, 7) is 0.441. The Labute approximate surface area is 131 Å². The van der Waals surface area contributed by atoms with E-state index in [2.05, 4.69) is 15.1 Å². The van der Waals surface area contributed by atoms with E-state index in [0.29, 0.717) is 17.6 Å². The summed E-state index contributed by atoms with van der Waals surface area (Å²) in [6, 6.07) is 5.56. The van der Waals surface area contributed by atoms with Gasteiger partial charge in [-0.2, -0.15) is 10.1 Å². The standard InChI is InChI=1S/C14H14ClN5O2/c1-21-9-3-4-11(22-2)8(5-9)7-20-13-10(6-17-20)12(15)18-14(16)19-13/h3-6H,7H2,1-2H3,(H2,16,18,19). The second-order valence-corrected chi connectivity index (χ2v) is 4.95. The molecule has 0 fully saturated rings. The first-order chi connectivity index (χ1) is 10.6. The van der Waals surface area contributed by atoms with Crippen LogP contribution in [0.4, 0.5) is 5.95 Å². The van der Waals surface area contributed by atoms with Crippen molar-refractivity contribution in [1.29, 1.82) is 0 Å². The molecule has 0 spiro atoms. The first-order valence-electron chi connectivity index (χ1n) is 6.48. The van der Waals surface area contributed by atoms with Gasteiger partial charge < -0.3 is 15.2 Å². The number of rotatable bonds is 4. The fourth-order valence-corrected chi connectivity index (χ4v) is 2.44. The molecule has 22 heavy (non-hydrogen) atoms. The summed E-state index contributed by atoms with van der Waals surface area (Å²) >= 11 is 6.06. The molecule has 0 aliphatic rings. The van der Waals surface area contributed by atoms with Crippen molar-refractivity contribution in [3.05, 3.63) is 35.1 Å². The van der Waals surface area contributed by atoms with Gasteiger partial charge in [-0.1, -0.05) is 11.6 Å². The average Bonchev–Trinajstić information content (AvgIpc) is 2.90. The van der Waals surface area contributed by atoms with Gasteiger partial charge in [0.15, 0.2) is 5.65 Å². The molecule has 0 amide bonds. The second kappa shape index (κ2) is 5.69. The average molecular weight is 320 g/mol. The lowest BCUT2D eigenvalue weighted by atomic mass is 10.2. The Balaban J connectivity index is 2.07. The van der Waals surface area contributed by atoms with Gasteiger partial charge >= 0.3 is 0 Å². The fourth-order valence-electron chi connectivity index (χ4n) is 2.22. The summed E-state index contributed by atoms with van der Waals surface area (Å²) in [7, 11) is 3.23. The van der Waals surface area contributed by atoms with Crippen LogP contribution in [-0.4, -0.2) is 34.0 Å². The molecule has 3 rings (SSSR count). The minimum absolute atomic E-state index is 0.108. The Morgan fingerprint density at radius 1 is 1.23 bits per heavy atom. The van der Waals surface area contributed by atoms with E-state index in [9.17, 15) is 0 Å². The minimum Gasteiger partial charge on any atom is -0.497 e. The topological polar surface area (TPSA) is 88.1 Å². The van der Waals surface area contributed by atoms with Crippen molar-refractivity contribution in [2.75, 3.05) is 20.0 Å². The molecule has 0 saturated heterocycles. The maximum atomic E-state index is 6.06. The SMILES string of the molecule is COc1ccc(OC)c(Cn2ncc3c(Cl)nc(N)nc32)c1. The number of nitrogen functional groups attached to an aromatic ring is 1. The number of nitrogens with two attached hydrogens (primary N) is 1. The van der Waals surface area contributed by atoms with Gasteiger partial charge in [-0.3, -0.25) is 0 Å². The first-order valence-corrected chi connectivity index (χ1v) is 6.85. The van der Waals surface area contributed by atoms with Crippen molar-refractivity contribution in [3.8, 4) is 11.5 Å². The highest BCUT2D eigenvalue weighted by molar-refractivity contribution is 6.34. The van der Waals surface area contributed by atoms with Crippen LogP contribution in [0.15, 0.2) is 24.4 Å². The number of hydrogen-bond acceptors (Lipinski definition) is 6. The number of anilines is 1. The van der Waals surface area contributed by atoms with Gasteiger partial charge in [0.2, 0.25) is 5.95 Å². The largest absolute Gasteiger partial charge is 0.497 e. The first kappa shape index (κ1) is 14.4. The Morgan fingerprint density at radius 3 is 2.77 bits per heavy atom. The number of hydrogen-bond donors (Lipinski definition) is 1. The zero-order valence-corrected chi connectivity index (χ0v) is 12.8. The second-order valence-electron chi connectivity index (χ2n) is 4.59. The third-order valence-electron chi connectivity index (χ3n) is 3.27. The molecule has 0 bridgehead atoms. The van der Waals surface area contributed by atoms with Crippen LogP contribution in [0.25, 0.3) is 11.0 Å². The van der Waals surface area contributed by atoms with Crippen molar-refractivity contribution in [2.45, 2.75) is 6.54 Å². The number of benzene rings is 1. The van der Waals surface area contributed by atoms with Crippen LogP contribution in [0.2, 0.25) is 5.15 Å². The third-order valence-corrected chi connectivity index (χ3v) is 3.56. The van der Waals surface area contributed by atoms with E-state index >= 15 is 0 Å². The van der Waals surface area contributed by atoms with Crippen molar-refractivity contribution < 1.29 is 9.47 Å². The molecule has 3 aromatic rings. The van der Waals surface area contributed by atoms with E-state index < -0.39 is 0 Å². The molecule has 8 heteroatoms. The summed E-state index contributed by atoms with van der Waals surface area (Å²) in [5.74, 6) is 1.58. The highest BCUT2D eigenvalue weighted by atomic mass is 35.5. The summed E-state index contributed by atoms with van der Waals surface area (Å²) in [5, 5.41) is 5.24. The van der Waals surface area contributed by atoms with Crippen LogP contribution in [0, 0.1) is 0 Å². The zero-order chi connectivity index (χ0) is 15.7. The molecule has 0 saturated carbocycles. The zero-order valence-electron chi connectivity index (χ0n) is 12.1. The molecule has 114 valence electrons. The van der Waals surface area contributed by atoms with Gasteiger partial charge in [0.25, 0.3) is 0 Å². The summed E-state index contributed by atoms with van der Waals surface area (Å²) in [5.41, 5.74) is 7.13. The molecular formula is C14H14ClN5O2. The van der Waals surface area contributed by atoms with Crippen LogP contribution in [0.5, 0.6) is 11.5 Å². The highest BCUT2D eigenvalue weighted by Crippen LogP contribution is 2.27. The van der Waals surface area contributed by atoms with Gasteiger partial charge in [-0.15, -0.1) is 0 Å². The quantitative estimate of drug-likeness (QED) is 0.741. The Kier molecular flexibility index (Phi) is 3.72. The predicted octanol–water partition coefficient (Wildman–Crippen LogP) is 2.13. The molecule has 0 aliphatic heterocycles. The van der Waals surface area contributed by atoms with Crippen LogP contribution in [0.1, 0.15) is 5.56 Å². The summed E-state index contributed by atoms with van der Waals surface area (Å²) in [4.78, 5) is 8.12. The number of fused-ring (bicyclic) bond motifs is 1. The van der Waals surface area contributed by atoms with Crippen LogP contribution in [-0.2, 0) is 6.54 Å². The molecular weight excluding hydrogens is 306 g/mol. The molecule has 0 aliphatic carbocycles. The molecule has 1 aromatic carbocycles. The Bertz CT molecular complexity index is 833. The number of nitrogens with zero attached hydrogens (tertiary/aromatic N) is 4. The van der Waals surface area contributed by atoms with Crippen molar-refractivity contribution in [2.24, 2.45) is 0 Å². The molecule has 0 unspecified atom stereocenters. The maximum absolute atomic E-state index is 6.06. The minimum atomic E-state index is 0.108. The molecule has 2 N–H and O–H groups in total. The maximum Gasteiger partial charge on any atom is 0.223 e. The number of ether oxygens (including phenoxy) is 2. The monoisotopic (exact) mass is 319 g/mol. The number of aromatic nitrogens is 4. The van der Waals surface area contributed by atoms with Gasteiger partial charge in [-0.05, 0) is 18.2 Å². The van der Waals surface area contributed by atoms with Crippen LogP contribution >= 0.6 is 11.6 Å². The molecule has 7 nitrogen and oxygen atoms in total. The lowest BCUT2D eigenvalue weighted by Crippen LogP contribution is -2.06. The summed E-state index contributed by atoms with van der Waals surface area (Å²) < 4.78 is 12.3. The van der Waals surface area contributed by atoms with E-state index in [1.165, 1.54) is 0 Å². The van der Waals surface area contributed by atoms with Gasteiger partial charge in [0.05, 0.1) is 32.3 Å². The van der Waals surface area contributed by atoms with Gasteiger partial charge in [0.1, 0.15) is 16.7 Å².